The molecule has 1 unspecified atom stereocenters. The van der Waals surface area contributed by atoms with Crippen molar-refractivity contribution in [2.24, 2.45) is 11.5 Å². The smallest absolute Gasteiger partial charge is 0.234 e. The van der Waals surface area contributed by atoms with Crippen molar-refractivity contribution in [1.82, 2.24) is 9.80 Å². The average molecular weight is 214 g/mol. The number of rotatable bonds is 4. The summed E-state index contributed by atoms with van der Waals surface area (Å²) in [6.45, 7) is 7.42. The molecule has 0 radical (unpaired) electrons. The Labute approximate surface area is 91.4 Å². The van der Waals surface area contributed by atoms with Gasteiger partial charge in [0.2, 0.25) is 5.91 Å². The van der Waals surface area contributed by atoms with Crippen molar-refractivity contribution >= 4 is 5.91 Å². The maximum atomic E-state index is 11.1. The summed E-state index contributed by atoms with van der Waals surface area (Å²) < 4.78 is 0. The van der Waals surface area contributed by atoms with Crippen molar-refractivity contribution in [3.8, 4) is 0 Å². The highest BCUT2D eigenvalue weighted by Gasteiger charge is 2.21. The Morgan fingerprint density at radius 2 is 2.07 bits per heavy atom. The number of nitrogens with zero attached hydrogens (tertiary/aromatic N) is 2. The largest absolute Gasteiger partial charge is 0.368 e. The highest BCUT2D eigenvalue weighted by Crippen LogP contribution is 2.06. The van der Waals surface area contributed by atoms with Gasteiger partial charge in [-0.3, -0.25) is 9.69 Å². The van der Waals surface area contributed by atoms with Gasteiger partial charge in [0.25, 0.3) is 0 Å². The lowest BCUT2D eigenvalue weighted by Gasteiger charge is -2.25. The first-order valence-corrected chi connectivity index (χ1v) is 5.61. The van der Waals surface area contributed by atoms with Gasteiger partial charge in [0.1, 0.15) is 0 Å². The minimum absolute atomic E-state index is 0.150. The minimum Gasteiger partial charge on any atom is -0.368 e. The first-order chi connectivity index (χ1) is 7.15. The minimum atomic E-state index is -0.234. The second kappa shape index (κ2) is 6.05. The highest BCUT2D eigenvalue weighted by molar-refractivity contribution is 5.79. The molecule has 0 saturated carbocycles. The Hall–Kier alpha value is -0.650. The fourth-order valence-electron chi connectivity index (χ4n) is 1.96. The number of carbonyl (C=O) groups is 1. The van der Waals surface area contributed by atoms with E-state index in [1.807, 2.05) is 6.92 Å². The van der Waals surface area contributed by atoms with Crippen LogP contribution in [0.25, 0.3) is 0 Å². The summed E-state index contributed by atoms with van der Waals surface area (Å²) in [4.78, 5) is 15.6. The molecule has 1 atom stereocenters. The molecule has 88 valence electrons. The van der Waals surface area contributed by atoms with Crippen molar-refractivity contribution in [1.29, 1.82) is 0 Å². The lowest BCUT2D eigenvalue weighted by atomic mass is 10.2. The van der Waals surface area contributed by atoms with E-state index >= 15 is 0 Å². The zero-order valence-electron chi connectivity index (χ0n) is 9.48. The van der Waals surface area contributed by atoms with Gasteiger partial charge >= 0.3 is 0 Å². The van der Waals surface area contributed by atoms with E-state index in [4.69, 9.17) is 11.5 Å². The summed E-state index contributed by atoms with van der Waals surface area (Å²) in [5.41, 5.74) is 10.8. The molecular weight excluding hydrogens is 192 g/mol. The standard InChI is InChI=1S/C10H22N4O/c1-9(10(12)15)14-5-2-4-13(6-3-11)7-8-14/h9H,2-8,11H2,1H3,(H2,12,15). The van der Waals surface area contributed by atoms with E-state index in [0.29, 0.717) is 6.54 Å². The van der Waals surface area contributed by atoms with Gasteiger partial charge in [0.05, 0.1) is 6.04 Å². The molecule has 1 aliphatic heterocycles. The van der Waals surface area contributed by atoms with E-state index in [1.54, 1.807) is 0 Å². The van der Waals surface area contributed by atoms with Crippen molar-refractivity contribution in [3.63, 3.8) is 0 Å². The molecule has 1 saturated heterocycles. The molecule has 0 aromatic carbocycles. The Kier molecular flexibility index (Phi) is 5.01. The SMILES string of the molecule is CC(C(N)=O)N1CCCN(CCN)CC1. The highest BCUT2D eigenvalue weighted by atomic mass is 16.1. The molecule has 5 heteroatoms. The zero-order chi connectivity index (χ0) is 11.3. The normalized spacial score (nSPS) is 22.3. The van der Waals surface area contributed by atoms with Crippen molar-refractivity contribution in [2.75, 3.05) is 39.3 Å². The van der Waals surface area contributed by atoms with E-state index in [9.17, 15) is 4.79 Å². The molecule has 1 aliphatic rings. The molecule has 0 bridgehead atoms. The van der Waals surface area contributed by atoms with Crippen LogP contribution in [-0.2, 0) is 4.79 Å². The van der Waals surface area contributed by atoms with Gasteiger partial charge < -0.3 is 16.4 Å². The van der Waals surface area contributed by atoms with Gasteiger partial charge in [-0.1, -0.05) is 0 Å². The number of primary amides is 1. The van der Waals surface area contributed by atoms with Crippen LogP contribution >= 0.6 is 0 Å². The second-order valence-corrected chi connectivity index (χ2v) is 4.10. The van der Waals surface area contributed by atoms with Crippen LogP contribution < -0.4 is 11.5 Å². The first-order valence-electron chi connectivity index (χ1n) is 5.61. The molecule has 1 fully saturated rings. The molecule has 0 spiro atoms. The van der Waals surface area contributed by atoms with Gasteiger partial charge in [-0.2, -0.15) is 0 Å². The average Bonchev–Trinajstić information content (AvgIpc) is 2.43. The number of amides is 1. The molecule has 4 N–H and O–H groups in total. The number of hydrogen-bond donors (Lipinski definition) is 2. The fourth-order valence-corrected chi connectivity index (χ4v) is 1.96. The van der Waals surface area contributed by atoms with Crippen LogP contribution in [0.3, 0.4) is 0 Å². The summed E-state index contributed by atoms with van der Waals surface area (Å²) in [5, 5.41) is 0. The summed E-state index contributed by atoms with van der Waals surface area (Å²) in [5.74, 6) is -0.234. The van der Waals surface area contributed by atoms with Crippen LogP contribution in [0.15, 0.2) is 0 Å². The van der Waals surface area contributed by atoms with Crippen molar-refractivity contribution < 1.29 is 4.79 Å². The van der Waals surface area contributed by atoms with Gasteiger partial charge in [-0.05, 0) is 19.9 Å². The molecule has 1 heterocycles. The maximum absolute atomic E-state index is 11.1. The number of hydrogen-bond acceptors (Lipinski definition) is 4. The lowest BCUT2D eigenvalue weighted by Crippen LogP contribution is -2.44. The van der Waals surface area contributed by atoms with Gasteiger partial charge in [0, 0.05) is 32.7 Å². The third kappa shape index (κ3) is 3.77. The van der Waals surface area contributed by atoms with Crippen LogP contribution in [-0.4, -0.2) is 61.0 Å². The third-order valence-electron chi connectivity index (χ3n) is 3.03. The maximum Gasteiger partial charge on any atom is 0.234 e. The summed E-state index contributed by atoms with van der Waals surface area (Å²) in [6, 6.07) is -0.150. The lowest BCUT2D eigenvalue weighted by molar-refractivity contribution is -0.122. The Balaban J connectivity index is 2.41. The zero-order valence-corrected chi connectivity index (χ0v) is 9.48. The third-order valence-corrected chi connectivity index (χ3v) is 3.03. The van der Waals surface area contributed by atoms with Crippen LogP contribution in [0.1, 0.15) is 13.3 Å². The Bertz CT molecular complexity index is 210. The summed E-state index contributed by atoms with van der Waals surface area (Å²) in [6.07, 6.45) is 1.08. The molecular formula is C10H22N4O. The number of nitrogens with two attached hydrogens (primary N) is 2. The Morgan fingerprint density at radius 1 is 1.33 bits per heavy atom. The van der Waals surface area contributed by atoms with E-state index < -0.39 is 0 Å². The van der Waals surface area contributed by atoms with Gasteiger partial charge in [-0.25, -0.2) is 0 Å². The van der Waals surface area contributed by atoms with Crippen molar-refractivity contribution in [2.45, 2.75) is 19.4 Å². The molecule has 1 rings (SSSR count). The van der Waals surface area contributed by atoms with Crippen LogP contribution in [0, 0.1) is 0 Å². The molecule has 15 heavy (non-hydrogen) atoms. The molecule has 0 aromatic heterocycles. The second-order valence-electron chi connectivity index (χ2n) is 4.10. The first kappa shape index (κ1) is 12.4. The van der Waals surface area contributed by atoms with Crippen LogP contribution in [0.2, 0.25) is 0 Å². The van der Waals surface area contributed by atoms with Gasteiger partial charge in [0.15, 0.2) is 0 Å². The van der Waals surface area contributed by atoms with Gasteiger partial charge in [-0.15, -0.1) is 0 Å². The quantitative estimate of drug-likeness (QED) is 0.618. The number of carbonyl (C=O) groups excluding carboxylic acids is 1. The Morgan fingerprint density at radius 3 is 2.67 bits per heavy atom. The topological polar surface area (TPSA) is 75.6 Å². The van der Waals surface area contributed by atoms with Crippen molar-refractivity contribution in [3.05, 3.63) is 0 Å². The fraction of sp³-hybridized carbons (Fsp3) is 0.900. The molecule has 5 nitrogen and oxygen atoms in total. The van der Waals surface area contributed by atoms with E-state index in [1.165, 1.54) is 0 Å². The monoisotopic (exact) mass is 214 g/mol. The molecule has 0 aliphatic carbocycles. The predicted octanol–water partition coefficient (Wildman–Crippen LogP) is -1.17. The summed E-state index contributed by atoms with van der Waals surface area (Å²) in [7, 11) is 0. The van der Waals surface area contributed by atoms with E-state index in [-0.39, 0.29) is 11.9 Å². The molecule has 1 amide bonds. The summed E-state index contributed by atoms with van der Waals surface area (Å²) >= 11 is 0. The predicted molar refractivity (Wildman–Crippen MR) is 60.3 cm³/mol. The van der Waals surface area contributed by atoms with E-state index in [2.05, 4.69) is 9.80 Å². The van der Waals surface area contributed by atoms with E-state index in [0.717, 1.165) is 39.1 Å². The van der Waals surface area contributed by atoms with Crippen LogP contribution in [0.4, 0.5) is 0 Å². The van der Waals surface area contributed by atoms with Crippen LogP contribution in [0.5, 0.6) is 0 Å². The molecule has 0 aromatic rings.